The number of carbonyl (C=O) groups excluding carboxylic acids is 1. The van der Waals surface area contributed by atoms with Crippen molar-refractivity contribution in [2.75, 3.05) is 12.0 Å². The molecule has 1 aromatic rings. The van der Waals surface area contributed by atoms with Crippen LogP contribution in [0.25, 0.3) is 0 Å². The predicted molar refractivity (Wildman–Crippen MR) is 76.8 cm³/mol. The molecule has 1 aromatic carbocycles. The smallest absolute Gasteiger partial charge is 0.306 e. The first-order valence-corrected chi connectivity index (χ1v) is 6.73. The summed E-state index contributed by atoms with van der Waals surface area (Å²) in [7, 11) is 0. The van der Waals surface area contributed by atoms with Crippen LogP contribution in [0, 0.1) is 10.1 Å². The van der Waals surface area contributed by atoms with Crippen LogP contribution in [0.1, 0.15) is 30.1 Å². The van der Waals surface area contributed by atoms with E-state index >= 15 is 0 Å². The molecule has 0 bridgehead atoms. The monoisotopic (exact) mass is 294 g/mol. The fourth-order valence-electron chi connectivity index (χ4n) is 2.36. The number of ether oxygens (including phenoxy) is 1. The Kier molecular flexibility index (Phi) is 4.71. The van der Waals surface area contributed by atoms with Gasteiger partial charge in [-0.2, -0.15) is 0 Å². The molecule has 8 nitrogen and oxygen atoms in total. The minimum atomic E-state index is -0.617. The number of hydrazine groups is 1. The minimum absolute atomic E-state index is 0.00434. The number of benzene rings is 1. The van der Waals surface area contributed by atoms with Crippen LogP contribution in [-0.4, -0.2) is 29.6 Å². The molecule has 0 saturated heterocycles. The molecule has 4 N–H and O–H groups in total. The van der Waals surface area contributed by atoms with Gasteiger partial charge < -0.3 is 15.5 Å². The van der Waals surface area contributed by atoms with Crippen LogP contribution >= 0.6 is 0 Å². The second-order valence-corrected chi connectivity index (χ2v) is 4.82. The fourth-order valence-corrected chi connectivity index (χ4v) is 2.36. The number of nitrogens with two attached hydrogens (primary N) is 1. The summed E-state index contributed by atoms with van der Waals surface area (Å²) in [6, 6.07) is 4.39. The number of amides is 1. The van der Waals surface area contributed by atoms with Gasteiger partial charge >= 0.3 is 5.69 Å². The largest absolute Gasteiger partial charge is 0.378 e. The maximum absolute atomic E-state index is 12.2. The number of rotatable bonds is 6. The molecule has 2 rings (SSSR count). The van der Waals surface area contributed by atoms with E-state index in [1.54, 1.807) is 6.07 Å². The number of nitro groups is 1. The molecule has 21 heavy (non-hydrogen) atoms. The van der Waals surface area contributed by atoms with Crippen LogP contribution in [-0.2, 0) is 4.74 Å². The highest BCUT2D eigenvalue weighted by Crippen LogP contribution is 2.29. The van der Waals surface area contributed by atoms with Gasteiger partial charge in [0.25, 0.3) is 5.91 Å². The van der Waals surface area contributed by atoms with Crippen LogP contribution in [0.5, 0.6) is 0 Å². The number of hydrogen-bond acceptors (Lipinski definition) is 6. The van der Waals surface area contributed by atoms with E-state index in [2.05, 4.69) is 10.7 Å². The Morgan fingerprint density at radius 3 is 2.81 bits per heavy atom. The van der Waals surface area contributed by atoms with Gasteiger partial charge in [0.1, 0.15) is 11.3 Å². The van der Waals surface area contributed by atoms with Gasteiger partial charge in [0, 0.05) is 12.6 Å². The van der Waals surface area contributed by atoms with E-state index in [0.29, 0.717) is 6.61 Å². The Morgan fingerprint density at radius 2 is 2.24 bits per heavy atom. The third-order valence-corrected chi connectivity index (χ3v) is 3.45. The summed E-state index contributed by atoms with van der Waals surface area (Å²) in [5.74, 6) is 4.77. The third kappa shape index (κ3) is 3.29. The van der Waals surface area contributed by atoms with Gasteiger partial charge in [-0.3, -0.25) is 20.8 Å². The van der Waals surface area contributed by atoms with E-state index in [1.165, 1.54) is 12.1 Å². The van der Waals surface area contributed by atoms with Crippen molar-refractivity contribution in [3.63, 3.8) is 0 Å². The normalized spacial score (nSPS) is 20.5. The van der Waals surface area contributed by atoms with Crippen molar-refractivity contribution in [3.8, 4) is 0 Å². The zero-order valence-electron chi connectivity index (χ0n) is 11.7. The number of nitrogens with zero attached hydrogens (tertiary/aromatic N) is 1. The second kappa shape index (κ2) is 6.51. The Morgan fingerprint density at radius 1 is 1.52 bits per heavy atom. The van der Waals surface area contributed by atoms with Crippen LogP contribution < -0.4 is 16.6 Å². The Bertz CT molecular complexity index is 543. The molecule has 0 unspecified atom stereocenters. The lowest BCUT2D eigenvalue weighted by Gasteiger charge is -2.35. The summed E-state index contributed by atoms with van der Waals surface area (Å²) in [5.41, 5.74) is 2.02. The highest BCUT2D eigenvalue weighted by Gasteiger charge is 2.32. The van der Waals surface area contributed by atoms with Gasteiger partial charge in [-0.25, -0.2) is 0 Å². The number of carbonyl (C=O) groups is 1. The van der Waals surface area contributed by atoms with Gasteiger partial charge in [-0.15, -0.1) is 0 Å². The van der Waals surface area contributed by atoms with Crippen molar-refractivity contribution >= 4 is 17.3 Å². The molecule has 1 saturated carbocycles. The van der Waals surface area contributed by atoms with E-state index in [1.807, 2.05) is 6.92 Å². The van der Waals surface area contributed by atoms with Crippen molar-refractivity contribution in [2.24, 2.45) is 5.84 Å². The van der Waals surface area contributed by atoms with Gasteiger partial charge in [0.2, 0.25) is 0 Å². The molecule has 1 aliphatic carbocycles. The first-order chi connectivity index (χ1) is 10.1. The fraction of sp³-hybridized carbons (Fsp3) is 0.462. The predicted octanol–water partition coefficient (Wildman–Crippen LogP) is 1.18. The quantitative estimate of drug-likeness (QED) is 0.411. The first kappa shape index (κ1) is 15.2. The minimum Gasteiger partial charge on any atom is -0.378 e. The Balaban J connectivity index is 2.08. The topological polar surface area (TPSA) is 120 Å². The first-order valence-electron chi connectivity index (χ1n) is 6.73. The number of para-hydroxylation sites is 1. The van der Waals surface area contributed by atoms with Crippen LogP contribution in [0.15, 0.2) is 18.2 Å². The summed E-state index contributed by atoms with van der Waals surface area (Å²) in [6.45, 7) is 2.56. The number of nitrogen functional groups attached to an aromatic ring is 1. The maximum atomic E-state index is 12.2. The summed E-state index contributed by atoms with van der Waals surface area (Å²) in [6.07, 6.45) is 1.61. The van der Waals surface area contributed by atoms with Crippen molar-refractivity contribution < 1.29 is 14.5 Å². The molecule has 1 amide bonds. The molecule has 0 radical (unpaired) electrons. The van der Waals surface area contributed by atoms with Gasteiger partial charge in [0.05, 0.1) is 11.0 Å². The van der Waals surface area contributed by atoms with E-state index in [-0.39, 0.29) is 29.1 Å². The molecule has 1 fully saturated rings. The highest BCUT2D eigenvalue weighted by molar-refractivity contribution is 6.00. The van der Waals surface area contributed by atoms with E-state index in [0.717, 1.165) is 12.8 Å². The van der Waals surface area contributed by atoms with E-state index < -0.39 is 10.8 Å². The molecule has 8 heteroatoms. The summed E-state index contributed by atoms with van der Waals surface area (Å²) < 4.78 is 5.41. The lowest BCUT2D eigenvalue weighted by molar-refractivity contribution is -0.384. The van der Waals surface area contributed by atoms with Crippen molar-refractivity contribution in [2.45, 2.75) is 31.9 Å². The number of nitro benzene ring substituents is 1. The molecule has 114 valence electrons. The molecular weight excluding hydrogens is 276 g/mol. The molecule has 0 aliphatic heterocycles. The molecule has 1 aliphatic rings. The molecule has 0 spiro atoms. The van der Waals surface area contributed by atoms with Crippen LogP contribution in [0.4, 0.5) is 11.4 Å². The third-order valence-electron chi connectivity index (χ3n) is 3.45. The lowest BCUT2D eigenvalue weighted by atomic mass is 9.89. The molecule has 0 atom stereocenters. The van der Waals surface area contributed by atoms with Gasteiger partial charge in [-0.05, 0) is 31.9 Å². The molecular formula is C13H18N4O4. The van der Waals surface area contributed by atoms with Gasteiger partial charge in [-0.1, -0.05) is 6.07 Å². The Labute approximate surface area is 121 Å². The van der Waals surface area contributed by atoms with Crippen molar-refractivity contribution in [1.82, 2.24) is 5.32 Å². The van der Waals surface area contributed by atoms with E-state index in [4.69, 9.17) is 10.6 Å². The molecule has 0 aromatic heterocycles. The number of nitrogens with one attached hydrogen (secondary N) is 2. The van der Waals surface area contributed by atoms with Crippen LogP contribution in [0.3, 0.4) is 0 Å². The average Bonchev–Trinajstić information content (AvgIpc) is 2.43. The summed E-state index contributed by atoms with van der Waals surface area (Å²) >= 11 is 0. The standard InChI is InChI=1S/C13H18N4O4/c1-2-21-9-6-8(7-9)15-13(18)10-4-3-5-11(16-14)12(10)17(19)20/h3-5,8-9,16H,2,6-7,14H2,1H3,(H,15,18). The SMILES string of the molecule is CCOC1CC(NC(=O)c2cccc(NN)c2[N+](=O)[O-])C1. The Hall–Kier alpha value is -2.19. The van der Waals surface area contributed by atoms with Gasteiger partial charge in [0.15, 0.2) is 0 Å². The summed E-state index contributed by atoms with van der Waals surface area (Å²) in [5, 5.41) is 13.9. The van der Waals surface area contributed by atoms with E-state index in [9.17, 15) is 14.9 Å². The number of hydrogen-bond donors (Lipinski definition) is 3. The van der Waals surface area contributed by atoms with Crippen LogP contribution in [0.2, 0.25) is 0 Å². The number of anilines is 1. The van der Waals surface area contributed by atoms with Crippen molar-refractivity contribution in [3.05, 3.63) is 33.9 Å². The zero-order chi connectivity index (χ0) is 15.4. The molecule has 0 heterocycles. The average molecular weight is 294 g/mol. The maximum Gasteiger partial charge on any atom is 0.306 e. The zero-order valence-corrected chi connectivity index (χ0v) is 11.7. The highest BCUT2D eigenvalue weighted by atomic mass is 16.6. The second-order valence-electron chi connectivity index (χ2n) is 4.82. The lowest BCUT2D eigenvalue weighted by Crippen LogP contribution is -2.47. The van der Waals surface area contributed by atoms with Crippen molar-refractivity contribution in [1.29, 1.82) is 0 Å². The summed E-state index contributed by atoms with van der Waals surface area (Å²) in [4.78, 5) is 22.7.